The van der Waals surface area contributed by atoms with Gasteiger partial charge in [-0.25, -0.2) is 0 Å². The van der Waals surface area contributed by atoms with Crippen molar-refractivity contribution in [2.24, 2.45) is 0 Å². The van der Waals surface area contributed by atoms with Gasteiger partial charge < -0.3 is 10.1 Å². The SMILES string of the molecule is CCCNCCOc1cccc([O])c1. The molecule has 0 aliphatic rings. The van der Waals surface area contributed by atoms with Gasteiger partial charge in [0.1, 0.15) is 12.4 Å². The Kier molecular flexibility index (Phi) is 4.86. The highest BCUT2D eigenvalue weighted by atomic mass is 16.5. The Labute approximate surface area is 84.7 Å². The highest BCUT2D eigenvalue weighted by molar-refractivity contribution is 5.31. The highest BCUT2D eigenvalue weighted by Crippen LogP contribution is 2.17. The molecule has 1 aromatic carbocycles. The molecule has 14 heavy (non-hydrogen) atoms. The predicted molar refractivity (Wildman–Crippen MR) is 55.2 cm³/mol. The van der Waals surface area contributed by atoms with E-state index in [1.165, 1.54) is 12.1 Å². The van der Waals surface area contributed by atoms with Crippen molar-refractivity contribution in [2.75, 3.05) is 19.7 Å². The van der Waals surface area contributed by atoms with Gasteiger partial charge in [0.25, 0.3) is 0 Å². The summed E-state index contributed by atoms with van der Waals surface area (Å²) in [7, 11) is 0. The summed E-state index contributed by atoms with van der Waals surface area (Å²) in [6, 6.07) is 6.51. The van der Waals surface area contributed by atoms with Gasteiger partial charge in [-0.2, -0.15) is 0 Å². The second-order valence-electron chi connectivity index (χ2n) is 3.07. The maximum Gasteiger partial charge on any atom is 0.182 e. The molecule has 1 N–H and O–H groups in total. The first-order chi connectivity index (χ1) is 6.83. The smallest absolute Gasteiger partial charge is 0.182 e. The predicted octanol–water partition coefficient (Wildman–Crippen LogP) is 2.21. The molecule has 0 spiro atoms. The first-order valence-corrected chi connectivity index (χ1v) is 4.93. The molecule has 3 heteroatoms. The highest BCUT2D eigenvalue weighted by Gasteiger charge is 1.95. The second kappa shape index (κ2) is 6.27. The number of rotatable bonds is 6. The van der Waals surface area contributed by atoms with E-state index >= 15 is 0 Å². The Bertz CT molecular complexity index is 263. The van der Waals surface area contributed by atoms with Crippen LogP contribution in [0.5, 0.6) is 11.5 Å². The van der Waals surface area contributed by atoms with Crippen molar-refractivity contribution in [3.63, 3.8) is 0 Å². The first kappa shape index (κ1) is 10.9. The summed E-state index contributed by atoms with van der Waals surface area (Å²) in [5, 5.41) is 14.1. The van der Waals surface area contributed by atoms with Gasteiger partial charge in [-0.1, -0.05) is 13.0 Å². The van der Waals surface area contributed by atoms with Gasteiger partial charge in [-0.05, 0) is 25.1 Å². The van der Waals surface area contributed by atoms with Crippen LogP contribution < -0.4 is 10.1 Å². The molecular formula is C11H16NO2. The normalized spacial score (nSPS) is 10.1. The quantitative estimate of drug-likeness (QED) is 0.705. The van der Waals surface area contributed by atoms with E-state index in [9.17, 15) is 5.11 Å². The molecule has 0 saturated carbocycles. The molecule has 1 radical (unpaired) electrons. The van der Waals surface area contributed by atoms with Crippen LogP contribution in [-0.2, 0) is 5.11 Å². The van der Waals surface area contributed by atoms with E-state index in [1.54, 1.807) is 12.1 Å². The first-order valence-electron chi connectivity index (χ1n) is 4.93. The summed E-state index contributed by atoms with van der Waals surface area (Å²) < 4.78 is 5.37. The third kappa shape index (κ3) is 4.14. The minimum Gasteiger partial charge on any atom is -0.492 e. The zero-order valence-corrected chi connectivity index (χ0v) is 8.45. The fourth-order valence-corrected chi connectivity index (χ4v) is 1.11. The summed E-state index contributed by atoms with van der Waals surface area (Å²) in [6.07, 6.45) is 1.12. The van der Waals surface area contributed by atoms with E-state index in [1.807, 2.05) is 0 Å². The van der Waals surface area contributed by atoms with Gasteiger partial charge in [0.2, 0.25) is 0 Å². The number of hydrogen-bond donors (Lipinski definition) is 1. The monoisotopic (exact) mass is 194 g/mol. The third-order valence-electron chi connectivity index (χ3n) is 1.78. The van der Waals surface area contributed by atoms with Crippen LogP contribution in [0.4, 0.5) is 0 Å². The summed E-state index contributed by atoms with van der Waals surface area (Å²) in [6.45, 7) is 4.54. The van der Waals surface area contributed by atoms with Crippen LogP contribution >= 0.6 is 0 Å². The Balaban J connectivity index is 2.18. The molecule has 0 unspecified atom stereocenters. The molecular weight excluding hydrogens is 178 g/mol. The summed E-state index contributed by atoms with van der Waals surface area (Å²) in [4.78, 5) is 0. The van der Waals surface area contributed by atoms with E-state index in [0.717, 1.165) is 19.5 Å². The van der Waals surface area contributed by atoms with Crippen LogP contribution in [0, 0.1) is 0 Å². The van der Waals surface area contributed by atoms with E-state index < -0.39 is 0 Å². The average Bonchev–Trinajstić information content (AvgIpc) is 2.18. The van der Waals surface area contributed by atoms with E-state index in [-0.39, 0.29) is 5.75 Å². The van der Waals surface area contributed by atoms with Gasteiger partial charge in [-0.15, -0.1) is 0 Å². The number of benzene rings is 1. The van der Waals surface area contributed by atoms with Crippen molar-refractivity contribution in [3.05, 3.63) is 24.3 Å². The molecule has 0 aliphatic carbocycles. The summed E-state index contributed by atoms with van der Waals surface area (Å²) in [5.41, 5.74) is 0. The van der Waals surface area contributed by atoms with Crippen molar-refractivity contribution >= 4 is 0 Å². The van der Waals surface area contributed by atoms with Crippen molar-refractivity contribution in [2.45, 2.75) is 13.3 Å². The van der Waals surface area contributed by atoms with Crippen LogP contribution in [0.25, 0.3) is 0 Å². The van der Waals surface area contributed by atoms with Gasteiger partial charge in [-0.3, -0.25) is 5.11 Å². The van der Waals surface area contributed by atoms with Crippen molar-refractivity contribution in [1.29, 1.82) is 0 Å². The Morgan fingerprint density at radius 2 is 2.21 bits per heavy atom. The zero-order chi connectivity index (χ0) is 10.2. The van der Waals surface area contributed by atoms with Crippen molar-refractivity contribution in [1.82, 2.24) is 5.32 Å². The molecule has 0 fully saturated rings. The fourth-order valence-electron chi connectivity index (χ4n) is 1.11. The van der Waals surface area contributed by atoms with E-state index in [2.05, 4.69) is 12.2 Å². The molecule has 1 rings (SSSR count). The minimum absolute atomic E-state index is 0.0102. The lowest BCUT2D eigenvalue weighted by Gasteiger charge is -2.06. The summed E-state index contributed by atoms with van der Waals surface area (Å²) in [5.74, 6) is 0.639. The van der Waals surface area contributed by atoms with E-state index in [4.69, 9.17) is 4.74 Å². The zero-order valence-electron chi connectivity index (χ0n) is 8.45. The maximum absolute atomic E-state index is 10.9. The Morgan fingerprint density at radius 1 is 1.36 bits per heavy atom. The lowest BCUT2D eigenvalue weighted by atomic mass is 10.3. The lowest BCUT2D eigenvalue weighted by Crippen LogP contribution is -2.21. The Morgan fingerprint density at radius 3 is 2.93 bits per heavy atom. The number of hydrogen-bond acceptors (Lipinski definition) is 2. The minimum atomic E-state index is -0.0102. The van der Waals surface area contributed by atoms with Gasteiger partial charge in [0.15, 0.2) is 5.75 Å². The molecule has 0 bridgehead atoms. The second-order valence-corrected chi connectivity index (χ2v) is 3.07. The van der Waals surface area contributed by atoms with Crippen LogP contribution in [0.2, 0.25) is 0 Å². The number of ether oxygens (including phenoxy) is 1. The summed E-state index contributed by atoms with van der Waals surface area (Å²) >= 11 is 0. The molecule has 0 saturated heterocycles. The standard InChI is InChI=1S/C11H16NO2/c1-2-6-12-7-8-14-11-5-3-4-10(13)9-11/h3-5,9,12H,2,6-8H2,1H3. The number of nitrogens with one attached hydrogen (secondary N) is 1. The van der Waals surface area contributed by atoms with Gasteiger partial charge >= 0.3 is 0 Å². The average molecular weight is 194 g/mol. The molecule has 0 amide bonds. The largest absolute Gasteiger partial charge is 0.492 e. The van der Waals surface area contributed by atoms with Gasteiger partial charge in [0.05, 0.1) is 0 Å². The molecule has 0 heterocycles. The van der Waals surface area contributed by atoms with Crippen LogP contribution in [0.1, 0.15) is 13.3 Å². The fraction of sp³-hybridized carbons (Fsp3) is 0.455. The van der Waals surface area contributed by atoms with Crippen molar-refractivity contribution < 1.29 is 9.84 Å². The van der Waals surface area contributed by atoms with Gasteiger partial charge in [0, 0.05) is 12.6 Å². The molecule has 0 aliphatic heterocycles. The van der Waals surface area contributed by atoms with Crippen LogP contribution in [0.15, 0.2) is 24.3 Å². The van der Waals surface area contributed by atoms with Crippen LogP contribution in [-0.4, -0.2) is 19.7 Å². The molecule has 77 valence electrons. The Hall–Kier alpha value is -1.22. The lowest BCUT2D eigenvalue weighted by molar-refractivity contribution is 0.307. The molecule has 0 atom stereocenters. The molecule has 3 nitrogen and oxygen atoms in total. The topological polar surface area (TPSA) is 41.2 Å². The van der Waals surface area contributed by atoms with E-state index in [0.29, 0.717) is 12.4 Å². The third-order valence-corrected chi connectivity index (χ3v) is 1.78. The van der Waals surface area contributed by atoms with Crippen molar-refractivity contribution in [3.8, 4) is 11.5 Å². The maximum atomic E-state index is 10.9. The van der Waals surface area contributed by atoms with Crippen LogP contribution in [0.3, 0.4) is 0 Å². The molecule has 0 aromatic heterocycles. The molecule has 1 aromatic rings.